The second kappa shape index (κ2) is 3.99. The van der Waals surface area contributed by atoms with Gasteiger partial charge < -0.3 is 15.7 Å². The van der Waals surface area contributed by atoms with Gasteiger partial charge in [-0.2, -0.15) is 4.98 Å². The van der Waals surface area contributed by atoms with Gasteiger partial charge in [-0.15, -0.1) is 0 Å². The molecule has 3 rings (SSSR count). The number of halogens is 1. The average Bonchev–Trinajstić information content (AvgIpc) is 2.54. The summed E-state index contributed by atoms with van der Waals surface area (Å²) in [5, 5.41) is 10.3. The second-order valence-corrected chi connectivity index (χ2v) is 5.22. The van der Waals surface area contributed by atoms with Crippen molar-refractivity contribution in [3.63, 3.8) is 0 Å². The molecule has 1 aromatic heterocycles. The summed E-state index contributed by atoms with van der Waals surface area (Å²) in [5.41, 5.74) is 5.62. The summed E-state index contributed by atoms with van der Waals surface area (Å²) in [7, 11) is 0. The molecule has 0 aromatic carbocycles. The van der Waals surface area contributed by atoms with E-state index in [2.05, 4.69) is 14.9 Å². The lowest BCUT2D eigenvalue weighted by atomic mass is 10.00. The molecule has 2 saturated heterocycles. The number of nitrogens with two attached hydrogens (primary N) is 1. The van der Waals surface area contributed by atoms with Gasteiger partial charge in [-0.3, -0.25) is 0 Å². The molecular weight excluding hydrogens is 240 g/mol. The van der Waals surface area contributed by atoms with Crippen LogP contribution >= 0.6 is 11.6 Å². The van der Waals surface area contributed by atoms with Crippen molar-refractivity contribution in [3.05, 3.63) is 11.2 Å². The molecule has 0 amide bonds. The number of piperidine rings is 1. The lowest BCUT2D eigenvalue weighted by Gasteiger charge is -2.38. The van der Waals surface area contributed by atoms with Crippen molar-refractivity contribution in [1.82, 2.24) is 9.97 Å². The Morgan fingerprint density at radius 2 is 2.00 bits per heavy atom. The molecule has 2 fully saturated rings. The minimum atomic E-state index is -0.193. The van der Waals surface area contributed by atoms with Crippen LogP contribution < -0.4 is 10.6 Å². The smallest absolute Gasteiger partial charge is 0.222 e. The number of aliphatic hydroxyl groups is 1. The number of nitrogens with zero attached hydrogens (tertiary/aromatic N) is 3. The van der Waals surface area contributed by atoms with E-state index in [0.717, 1.165) is 31.5 Å². The zero-order valence-corrected chi connectivity index (χ0v) is 10.1. The van der Waals surface area contributed by atoms with Crippen LogP contribution in [0.25, 0.3) is 0 Å². The Kier molecular flexibility index (Phi) is 2.60. The summed E-state index contributed by atoms with van der Waals surface area (Å²) in [4.78, 5) is 10.3. The number of rotatable bonds is 1. The first-order valence-corrected chi connectivity index (χ1v) is 6.27. The van der Waals surface area contributed by atoms with Crippen LogP contribution in [0.1, 0.15) is 25.7 Å². The van der Waals surface area contributed by atoms with E-state index in [9.17, 15) is 5.11 Å². The average molecular weight is 255 g/mol. The largest absolute Gasteiger partial charge is 0.393 e. The van der Waals surface area contributed by atoms with E-state index in [1.165, 1.54) is 0 Å². The van der Waals surface area contributed by atoms with Crippen LogP contribution in [0.3, 0.4) is 0 Å². The van der Waals surface area contributed by atoms with Gasteiger partial charge in [0.05, 0.1) is 12.3 Å². The zero-order valence-electron chi connectivity index (χ0n) is 9.38. The molecule has 2 atom stereocenters. The number of nitrogen functional groups attached to an aromatic ring is 1. The number of hydrogen-bond donors (Lipinski definition) is 2. The number of aliphatic hydroxyl groups excluding tert-OH is 1. The zero-order chi connectivity index (χ0) is 12.0. The standard InChI is InChI=1S/C11H15ClN4O/c12-9-5-14-11(13)15-10(9)16-6-1-2-7(16)4-8(17)3-6/h5-8,17H,1-4H2,(H2,13,14,15). The van der Waals surface area contributed by atoms with Crippen LogP contribution in [-0.2, 0) is 0 Å². The fourth-order valence-electron chi connectivity index (χ4n) is 3.05. The molecule has 0 saturated carbocycles. The minimum absolute atomic E-state index is 0.193. The van der Waals surface area contributed by atoms with Gasteiger partial charge in [0.15, 0.2) is 5.82 Å². The number of anilines is 2. The highest BCUT2D eigenvalue weighted by Gasteiger charge is 2.41. The molecule has 0 radical (unpaired) electrons. The van der Waals surface area contributed by atoms with Crippen LogP contribution in [0.5, 0.6) is 0 Å². The molecule has 0 spiro atoms. The molecular formula is C11H15ClN4O. The minimum Gasteiger partial charge on any atom is -0.393 e. The van der Waals surface area contributed by atoms with Crippen LogP contribution in [0.4, 0.5) is 11.8 Å². The lowest BCUT2D eigenvalue weighted by molar-refractivity contribution is 0.126. The SMILES string of the molecule is Nc1ncc(Cl)c(N2C3CCC2CC(O)C3)n1. The molecule has 5 nitrogen and oxygen atoms in total. The molecule has 2 unspecified atom stereocenters. The quantitative estimate of drug-likeness (QED) is 0.788. The van der Waals surface area contributed by atoms with Gasteiger partial charge in [0, 0.05) is 12.1 Å². The van der Waals surface area contributed by atoms with E-state index >= 15 is 0 Å². The van der Waals surface area contributed by atoms with Gasteiger partial charge >= 0.3 is 0 Å². The molecule has 2 aliphatic rings. The summed E-state index contributed by atoms with van der Waals surface area (Å²) in [6.07, 6.45) is 5.10. The number of hydrogen-bond acceptors (Lipinski definition) is 5. The molecule has 6 heteroatoms. The Balaban J connectivity index is 1.97. The van der Waals surface area contributed by atoms with Crippen molar-refractivity contribution in [2.75, 3.05) is 10.6 Å². The molecule has 1 aromatic rings. The normalized spacial score (nSPS) is 31.9. The predicted octanol–water partition coefficient (Wildman–Crippen LogP) is 1.20. The first kappa shape index (κ1) is 11.0. The molecule has 3 heterocycles. The molecule has 2 aliphatic heterocycles. The van der Waals surface area contributed by atoms with Crippen LogP contribution in [-0.4, -0.2) is 33.3 Å². The van der Waals surface area contributed by atoms with Crippen molar-refractivity contribution >= 4 is 23.4 Å². The molecule has 92 valence electrons. The summed E-state index contributed by atoms with van der Waals surface area (Å²) in [6, 6.07) is 0.658. The third-order valence-corrected chi connectivity index (χ3v) is 3.96. The first-order chi connectivity index (χ1) is 8.15. The summed E-state index contributed by atoms with van der Waals surface area (Å²) in [5.74, 6) is 0.966. The van der Waals surface area contributed by atoms with Crippen LogP contribution in [0.15, 0.2) is 6.20 Å². The first-order valence-electron chi connectivity index (χ1n) is 5.89. The van der Waals surface area contributed by atoms with Crippen molar-refractivity contribution in [2.24, 2.45) is 0 Å². The monoisotopic (exact) mass is 254 g/mol. The van der Waals surface area contributed by atoms with Crippen molar-refractivity contribution in [3.8, 4) is 0 Å². The summed E-state index contributed by atoms with van der Waals surface area (Å²) < 4.78 is 0. The fraction of sp³-hybridized carbons (Fsp3) is 0.636. The van der Waals surface area contributed by atoms with Gasteiger partial charge in [0.25, 0.3) is 0 Å². The Morgan fingerprint density at radius 1 is 1.35 bits per heavy atom. The lowest BCUT2D eigenvalue weighted by Crippen LogP contribution is -2.45. The van der Waals surface area contributed by atoms with E-state index in [-0.39, 0.29) is 12.1 Å². The highest BCUT2D eigenvalue weighted by molar-refractivity contribution is 6.32. The third-order valence-electron chi connectivity index (χ3n) is 3.70. The van der Waals surface area contributed by atoms with E-state index in [4.69, 9.17) is 17.3 Å². The molecule has 0 aliphatic carbocycles. The Hall–Kier alpha value is -1.07. The predicted molar refractivity (Wildman–Crippen MR) is 66.0 cm³/mol. The summed E-state index contributed by atoms with van der Waals surface area (Å²) >= 11 is 6.14. The van der Waals surface area contributed by atoms with E-state index in [1.54, 1.807) is 6.20 Å². The Morgan fingerprint density at radius 3 is 2.65 bits per heavy atom. The Labute approximate surface area is 105 Å². The molecule has 3 N–H and O–H groups in total. The maximum absolute atomic E-state index is 9.76. The van der Waals surface area contributed by atoms with Gasteiger partial charge in [-0.25, -0.2) is 4.98 Å². The van der Waals surface area contributed by atoms with E-state index < -0.39 is 0 Å². The number of aromatic nitrogens is 2. The van der Waals surface area contributed by atoms with Gasteiger partial charge in [-0.1, -0.05) is 11.6 Å². The maximum atomic E-state index is 9.76. The van der Waals surface area contributed by atoms with E-state index in [0.29, 0.717) is 17.1 Å². The van der Waals surface area contributed by atoms with Crippen molar-refractivity contribution in [2.45, 2.75) is 43.9 Å². The maximum Gasteiger partial charge on any atom is 0.222 e. The Bertz CT molecular complexity index is 427. The number of fused-ring (bicyclic) bond motifs is 2. The van der Waals surface area contributed by atoms with Gasteiger partial charge in [0.2, 0.25) is 5.95 Å². The topological polar surface area (TPSA) is 75.3 Å². The van der Waals surface area contributed by atoms with Crippen LogP contribution in [0, 0.1) is 0 Å². The van der Waals surface area contributed by atoms with Gasteiger partial charge in [0.1, 0.15) is 5.02 Å². The molecule has 17 heavy (non-hydrogen) atoms. The van der Waals surface area contributed by atoms with Crippen LogP contribution in [0.2, 0.25) is 5.02 Å². The van der Waals surface area contributed by atoms with E-state index in [1.807, 2.05) is 0 Å². The van der Waals surface area contributed by atoms with Gasteiger partial charge in [-0.05, 0) is 25.7 Å². The highest BCUT2D eigenvalue weighted by atomic mass is 35.5. The molecule has 2 bridgehead atoms. The highest BCUT2D eigenvalue weighted by Crippen LogP contribution is 2.40. The fourth-order valence-corrected chi connectivity index (χ4v) is 3.24. The summed E-state index contributed by atoms with van der Waals surface area (Å²) in [6.45, 7) is 0. The van der Waals surface area contributed by atoms with Crippen molar-refractivity contribution < 1.29 is 5.11 Å². The second-order valence-electron chi connectivity index (χ2n) is 4.82. The third kappa shape index (κ3) is 1.83. The van der Waals surface area contributed by atoms with Crippen molar-refractivity contribution in [1.29, 1.82) is 0 Å².